The Labute approximate surface area is 121 Å². The Morgan fingerprint density at radius 2 is 1.57 bits per heavy atom. The second kappa shape index (κ2) is 5.18. The van der Waals surface area contributed by atoms with Gasteiger partial charge in [-0.3, -0.25) is 14.5 Å². The fourth-order valence-electron chi connectivity index (χ4n) is 2.71. The summed E-state index contributed by atoms with van der Waals surface area (Å²) in [6, 6.07) is 1.45. The molecule has 0 saturated heterocycles. The van der Waals surface area contributed by atoms with Gasteiger partial charge in [-0.05, 0) is 31.4 Å². The lowest BCUT2D eigenvalue weighted by Crippen LogP contribution is -2.44. The van der Waals surface area contributed by atoms with Crippen LogP contribution in [0.2, 0.25) is 0 Å². The van der Waals surface area contributed by atoms with Crippen LogP contribution in [0.25, 0.3) is 0 Å². The SMILES string of the molecule is CC(C)CC(C)(O)CN1C(=O)c2cc(F)c(F)cc2C1=O. The molecule has 1 aromatic carbocycles. The summed E-state index contributed by atoms with van der Waals surface area (Å²) in [5, 5.41) is 10.3. The van der Waals surface area contributed by atoms with Crippen LogP contribution in [0.15, 0.2) is 12.1 Å². The van der Waals surface area contributed by atoms with E-state index in [4.69, 9.17) is 0 Å². The minimum atomic E-state index is -1.25. The third-order valence-corrected chi connectivity index (χ3v) is 3.36. The molecule has 1 aliphatic rings. The number of aliphatic hydroxyl groups is 1. The normalized spacial score (nSPS) is 17.4. The van der Waals surface area contributed by atoms with E-state index in [0.29, 0.717) is 6.42 Å². The van der Waals surface area contributed by atoms with Crippen LogP contribution in [0, 0.1) is 17.6 Å². The van der Waals surface area contributed by atoms with Crippen molar-refractivity contribution >= 4 is 11.8 Å². The van der Waals surface area contributed by atoms with Gasteiger partial charge in [0.1, 0.15) is 0 Å². The third-order valence-electron chi connectivity index (χ3n) is 3.36. The second-order valence-corrected chi connectivity index (χ2v) is 6.10. The van der Waals surface area contributed by atoms with E-state index in [1.54, 1.807) is 0 Å². The van der Waals surface area contributed by atoms with E-state index in [-0.39, 0.29) is 23.6 Å². The molecule has 1 unspecified atom stereocenters. The topological polar surface area (TPSA) is 57.6 Å². The maximum absolute atomic E-state index is 13.2. The van der Waals surface area contributed by atoms with Crippen LogP contribution < -0.4 is 0 Å². The van der Waals surface area contributed by atoms with E-state index in [1.165, 1.54) is 6.92 Å². The molecule has 1 heterocycles. The molecule has 0 aromatic heterocycles. The van der Waals surface area contributed by atoms with Gasteiger partial charge in [-0.15, -0.1) is 0 Å². The van der Waals surface area contributed by atoms with Crippen LogP contribution in [0.4, 0.5) is 8.78 Å². The molecule has 4 nitrogen and oxygen atoms in total. The fraction of sp³-hybridized carbons (Fsp3) is 0.467. The fourth-order valence-corrected chi connectivity index (χ4v) is 2.71. The van der Waals surface area contributed by atoms with E-state index >= 15 is 0 Å². The van der Waals surface area contributed by atoms with Crippen molar-refractivity contribution in [2.75, 3.05) is 6.54 Å². The van der Waals surface area contributed by atoms with Crippen molar-refractivity contribution in [3.05, 3.63) is 34.9 Å². The molecular weight excluding hydrogens is 280 g/mol. The van der Waals surface area contributed by atoms with Gasteiger partial charge < -0.3 is 5.11 Å². The molecule has 6 heteroatoms. The minimum Gasteiger partial charge on any atom is -0.388 e. The summed E-state index contributed by atoms with van der Waals surface area (Å²) in [4.78, 5) is 25.1. The van der Waals surface area contributed by atoms with Crippen LogP contribution in [-0.2, 0) is 0 Å². The van der Waals surface area contributed by atoms with Crippen LogP contribution in [0.1, 0.15) is 47.9 Å². The van der Waals surface area contributed by atoms with Gasteiger partial charge in [0, 0.05) is 0 Å². The number of nitrogens with zero attached hydrogens (tertiary/aromatic N) is 1. The van der Waals surface area contributed by atoms with Gasteiger partial charge >= 0.3 is 0 Å². The number of imide groups is 1. The number of β-amino-alcohol motifs (C(OH)–C–C–N with tert-alkyl or cyclic N) is 1. The van der Waals surface area contributed by atoms with Crippen molar-refractivity contribution in [3.63, 3.8) is 0 Å². The molecule has 21 heavy (non-hydrogen) atoms. The molecule has 0 bridgehead atoms. The van der Waals surface area contributed by atoms with Gasteiger partial charge in [-0.25, -0.2) is 8.78 Å². The van der Waals surface area contributed by atoms with Crippen molar-refractivity contribution in [2.24, 2.45) is 5.92 Å². The van der Waals surface area contributed by atoms with Crippen molar-refractivity contribution in [2.45, 2.75) is 32.8 Å². The summed E-state index contributed by atoms with van der Waals surface area (Å²) >= 11 is 0. The second-order valence-electron chi connectivity index (χ2n) is 6.10. The van der Waals surface area contributed by atoms with E-state index in [0.717, 1.165) is 17.0 Å². The van der Waals surface area contributed by atoms with E-state index in [2.05, 4.69) is 0 Å². The molecular formula is C15H17F2NO3. The molecule has 1 aromatic rings. The van der Waals surface area contributed by atoms with Gasteiger partial charge in [0.15, 0.2) is 11.6 Å². The molecule has 114 valence electrons. The zero-order valence-corrected chi connectivity index (χ0v) is 12.1. The summed E-state index contributed by atoms with van der Waals surface area (Å²) in [7, 11) is 0. The predicted molar refractivity (Wildman–Crippen MR) is 71.8 cm³/mol. The van der Waals surface area contributed by atoms with Crippen LogP contribution in [0.5, 0.6) is 0 Å². The summed E-state index contributed by atoms with van der Waals surface area (Å²) in [6.07, 6.45) is 0.392. The molecule has 2 amide bonds. The quantitative estimate of drug-likeness (QED) is 0.868. The lowest BCUT2D eigenvalue weighted by atomic mass is 9.94. The molecule has 1 N–H and O–H groups in total. The summed E-state index contributed by atoms with van der Waals surface area (Å²) in [6.45, 7) is 5.13. The van der Waals surface area contributed by atoms with Gasteiger partial charge in [-0.2, -0.15) is 0 Å². The Morgan fingerprint density at radius 3 is 1.95 bits per heavy atom. The molecule has 0 spiro atoms. The first-order valence-corrected chi connectivity index (χ1v) is 6.70. The highest BCUT2D eigenvalue weighted by Crippen LogP contribution is 2.28. The largest absolute Gasteiger partial charge is 0.388 e. The highest BCUT2D eigenvalue weighted by molar-refractivity contribution is 6.21. The highest BCUT2D eigenvalue weighted by atomic mass is 19.2. The zero-order chi connectivity index (χ0) is 15.9. The molecule has 1 aliphatic heterocycles. The van der Waals surface area contributed by atoms with Gasteiger partial charge in [-0.1, -0.05) is 13.8 Å². The average molecular weight is 297 g/mol. The zero-order valence-electron chi connectivity index (χ0n) is 12.1. The van der Waals surface area contributed by atoms with Gasteiger partial charge in [0.25, 0.3) is 11.8 Å². The lowest BCUT2D eigenvalue weighted by Gasteiger charge is -2.29. The Kier molecular flexibility index (Phi) is 3.84. The molecule has 0 saturated carbocycles. The maximum Gasteiger partial charge on any atom is 0.261 e. The number of hydrogen-bond donors (Lipinski definition) is 1. The Balaban J connectivity index is 2.30. The molecule has 1 atom stereocenters. The number of fused-ring (bicyclic) bond motifs is 1. The summed E-state index contributed by atoms with van der Waals surface area (Å²) in [5.41, 5.74) is -1.59. The van der Waals surface area contributed by atoms with E-state index < -0.39 is 29.0 Å². The Morgan fingerprint density at radius 1 is 1.14 bits per heavy atom. The number of carbonyl (C=O) groups excluding carboxylic acids is 2. The Hall–Kier alpha value is -1.82. The van der Waals surface area contributed by atoms with Gasteiger partial charge in [0.05, 0.1) is 23.3 Å². The smallest absolute Gasteiger partial charge is 0.261 e. The number of halogens is 2. The summed E-state index contributed by atoms with van der Waals surface area (Å²) < 4.78 is 26.4. The number of hydrogen-bond acceptors (Lipinski definition) is 3. The first-order chi connectivity index (χ1) is 9.62. The average Bonchev–Trinajstić information content (AvgIpc) is 2.54. The summed E-state index contributed by atoms with van der Waals surface area (Å²) in [5.74, 6) is -3.60. The van der Waals surface area contributed by atoms with Crippen LogP contribution >= 0.6 is 0 Å². The first kappa shape index (κ1) is 15.6. The van der Waals surface area contributed by atoms with E-state index in [1.807, 2.05) is 13.8 Å². The number of rotatable bonds is 4. The molecule has 0 radical (unpaired) electrons. The van der Waals surface area contributed by atoms with Crippen molar-refractivity contribution in [1.82, 2.24) is 4.90 Å². The lowest BCUT2D eigenvalue weighted by molar-refractivity contribution is 0.00697. The van der Waals surface area contributed by atoms with Crippen molar-refractivity contribution < 1.29 is 23.5 Å². The maximum atomic E-state index is 13.2. The Bertz CT molecular complexity index is 570. The molecule has 2 rings (SSSR count). The van der Waals surface area contributed by atoms with Crippen LogP contribution in [-0.4, -0.2) is 34.0 Å². The monoisotopic (exact) mass is 297 g/mol. The number of carbonyl (C=O) groups is 2. The van der Waals surface area contributed by atoms with Crippen LogP contribution in [0.3, 0.4) is 0 Å². The first-order valence-electron chi connectivity index (χ1n) is 6.70. The van der Waals surface area contributed by atoms with Gasteiger partial charge in [0.2, 0.25) is 0 Å². The van der Waals surface area contributed by atoms with Crippen molar-refractivity contribution in [3.8, 4) is 0 Å². The molecule has 0 fully saturated rings. The minimum absolute atomic E-state index is 0.167. The number of benzene rings is 1. The number of amides is 2. The highest BCUT2D eigenvalue weighted by Gasteiger charge is 2.40. The third kappa shape index (κ3) is 2.95. The van der Waals surface area contributed by atoms with Crippen molar-refractivity contribution in [1.29, 1.82) is 0 Å². The molecule has 0 aliphatic carbocycles. The predicted octanol–water partition coefficient (Wildman–Crippen LogP) is 2.36. The van der Waals surface area contributed by atoms with E-state index in [9.17, 15) is 23.5 Å². The standard InChI is InChI=1S/C15H17F2NO3/c1-8(2)6-15(3,21)7-18-13(19)9-4-11(16)12(17)5-10(9)14(18)20/h4-5,8,21H,6-7H2,1-3H3.